The summed E-state index contributed by atoms with van der Waals surface area (Å²) in [5.74, 6) is 1.53. The van der Waals surface area contributed by atoms with Crippen LogP contribution < -0.4 is 9.30 Å². The Hall–Kier alpha value is -7.66. The maximum Gasteiger partial charge on any atom is 0.233 e. The molecule has 0 amide bonds. The van der Waals surface area contributed by atoms with Gasteiger partial charge in [-0.3, -0.25) is 0 Å². The zero-order chi connectivity index (χ0) is 58.5. The van der Waals surface area contributed by atoms with E-state index in [-0.39, 0.29) is 71.0 Å². The first-order chi connectivity index (χ1) is 38.8. The molecule has 3 aromatic heterocycles. The third kappa shape index (κ3) is 9.49. The van der Waals surface area contributed by atoms with Gasteiger partial charge >= 0.3 is 0 Å². The zero-order valence-electron chi connectivity index (χ0n) is 51.7. The van der Waals surface area contributed by atoms with Crippen LogP contribution in [-0.4, -0.2) is 19.3 Å². The third-order valence-corrected chi connectivity index (χ3v) is 13.3. The topological polar surface area (TPSA) is 48.8 Å². The van der Waals surface area contributed by atoms with Crippen molar-refractivity contribution >= 4 is 21.8 Å². The predicted molar refractivity (Wildman–Crippen MR) is 293 cm³/mol. The Kier molecular flexibility index (Phi) is 10.1. The number of benzene rings is 8. The minimum absolute atomic E-state index is 0. The molecule has 6 nitrogen and oxygen atoms in total. The van der Waals surface area contributed by atoms with Crippen LogP contribution in [0.2, 0.25) is 0 Å². The number of hydrogen-bond donors (Lipinski definition) is 0. The second kappa shape index (κ2) is 19.4. The molecule has 0 fully saturated rings. The fourth-order valence-electron chi connectivity index (χ4n) is 9.20. The molecule has 0 aliphatic heterocycles. The van der Waals surface area contributed by atoms with E-state index in [1.54, 1.807) is 41.0 Å². The molecule has 0 atom stereocenters. The van der Waals surface area contributed by atoms with E-state index in [4.69, 9.17) is 23.0 Å². The Bertz CT molecular complexity index is 4210. The monoisotopic (exact) mass is 1140 g/mol. The molecular weight excluding hydrogens is 1070 g/mol. The fourth-order valence-corrected chi connectivity index (χ4v) is 9.20. The molecule has 0 aliphatic carbocycles. The maximum absolute atomic E-state index is 9.25. The van der Waals surface area contributed by atoms with Crippen molar-refractivity contribution in [3.05, 3.63) is 241 Å². The van der Waals surface area contributed by atoms with Gasteiger partial charge in [0.15, 0.2) is 0 Å². The van der Waals surface area contributed by atoms with Crippen LogP contribution in [-0.2, 0) is 37.3 Å². The molecule has 3 heterocycles. The van der Waals surface area contributed by atoms with Crippen LogP contribution >= 0.6 is 0 Å². The van der Waals surface area contributed by atoms with Crippen LogP contribution in [0.15, 0.2) is 200 Å². The van der Waals surface area contributed by atoms with Crippen molar-refractivity contribution in [3.8, 4) is 62.3 Å². The van der Waals surface area contributed by atoms with Gasteiger partial charge in [-0.25, -0.2) is 4.98 Å². The van der Waals surface area contributed by atoms with Gasteiger partial charge in [-0.2, -0.15) is 22.9 Å². The van der Waals surface area contributed by atoms with Gasteiger partial charge in [0.2, 0.25) is 12.2 Å². The minimum atomic E-state index is -0.591. The number of aromatic nitrogens is 5. The predicted octanol–water partition coefficient (Wildman–Crippen LogP) is 15.8. The number of fused-ring (bicyclic) bond motifs is 3. The van der Waals surface area contributed by atoms with Gasteiger partial charge in [0.1, 0.15) is 5.82 Å². The molecule has 11 rings (SSSR count). The van der Waals surface area contributed by atoms with Crippen molar-refractivity contribution in [1.29, 1.82) is 0 Å². The van der Waals surface area contributed by atoms with Gasteiger partial charge in [-0.05, 0) is 89.7 Å². The van der Waals surface area contributed by atoms with E-state index in [1.807, 2.05) is 48.7 Å². The first kappa shape index (κ1) is 38.0. The second-order valence-corrected chi connectivity index (χ2v) is 20.5. The molecule has 0 saturated heterocycles. The number of hydrogen-bond acceptors (Lipinski definition) is 3. The first-order valence-electron chi connectivity index (χ1n) is 28.9. The standard InChI is InChI=1S/C66H57N5O.Pt/c1-64(2,3)49-38-50(65(4,5)6)40-52(39-49)69-44-70(68-63(69)62-55(45-22-12-9-13-23-45)31-21-32-56(62)46-24-14-10-15-25-46)51-28-20-29-53(42-51)72-54-34-35-58-57-30-18-19-33-59(57)71(60(58)43-54)61-41-48(36-37-67-61)66(7,8)47-26-16-11-17-27-47;/h9-41H,1-8H3;/q-2;/i9D,10D,12D,13D,14D,15D,22D,23D,24D,25D;. The molecule has 0 aliphatic rings. The summed E-state index contributed by atoms with van der Waals surface area (Å²) in [5.41, 5.74) is 5.80. The molecule has 11 aromatic rings. The second-order valence-electron chi connectivity index (χ2n) is 20.5. The zero-order valence-corrected chi connectivity index (χ0v) is 44.0. The van der Waals surface area contributed by atoms with E-state index in [0.29, 0.717) is 22.9 Å². The van der Waals surface area contributed by atoms with Crippen molar-refractivity contribution in [1.82, 2.24) is 19.3 Å². The van der Waals surface area contributed by atoms with Crippen LogP contribution in [0.4, 0.5) is 0 Å². The summed E-state index contributed by atoms with van der Waals surface area (Å²) in [5, 5.41) is 7.22. The number of rotatable bonds is 10. The van der Waals surface area contributed by atoms with Crippen molar-refractivity contribution in [2.24, 2.45) is 0 Å². The molecule has 73 heavy (non-hydrogen) atoms. The largest absolute Gasteiger partial charge is 0.510 e. The Balaban J connectivity index is 0.00000769. The quantitative estimate of drug-likeness (QED) is 0.101. The number of nitrogens with zero attached hydrogens (tertiary/aromatic N) is 5. The smallest absolute Gasteiger partial charge is 0.233 e. The Morgan fingerprint density at radius 3 is 1.84 bits per heavy atom. The molecule has 8 aromatic carbocycles. The average Bonchev–Trinajstić information content (AvgIpc) is 2.52. The van der Waals surface area contributed by atoms with Gasteiger partial charge in [-0.1, -0.05) is 206 Å². The normalized spacial score (nSPS) is 13.9. The van der Waals surface area contributed by atoms with E-state index in [0.717, 1.165) is 44.3 Å². The van der Waals surface area contributed by atoms with Gasteiger partial charge in [0.05, 0.1) is 13.7 Å². The molecule has 364 valence electrons. The van der Waals surface area contributed by atoms with Crippen LogP contribution in [0.5, 0.6) is 11.5 Å². The molecule has 0 saturated carbocycles. The summed E-state index contributed by atoms with van der Waals surface area (Å²) in [7, 11) is 0. The third-order valence-electron chi connectivity index (χ3n) is 13.3. The van der Waals surface area contributed by atoms with E-state index < -0.39 is 60.4 Å². The van der Waals surface area contributed by atoms with E-state index >= 15 is 0 Å². The molecule has 0 radical (unpaired) electrons. The summed E-state index contributed by atoms with van der Waals surface area (Å²) < 4.78 is 101. The molecule has 0 bridgehead atoms. The first-order valence-corrected chi connectivity index (χ1v) is 23.9. The SMILES string of the molecule is [2H]c1c([2H])c([2H])c(-c2cccc(-c3c([2H])c([2H])c([2H])c([2H])c3[2H])c2-c2nn(-c3[c-]c(Oc4[c-]c5c(cc4)c4ccccc4n5-c4cc(C(C)(C)c5ccccc5)ccn4)ccc3)[c-][n+]2-c2cc(C(C)(C)C)cc(C(C)(C)C)c2)c([2H])c1[2H].[Pt]. The van der Waals surface area contributed by atoms with E-state index in [2.05, 4.69) is 133 Å². The van der Waals surface area contributed by atoms with Crippen LogP contribution in [0.1, 0.15) is 91.4 Å². The molecule has 0 spiro atoms. The van der Waals surface area contributed by atoms with Gasteiger partial charge in [0.25, 0.3) is 0 Å². The molecule has 7 heteroatoms. The summed E-state index contributed by atoms with van der Waals surface area (Å²) in [4.78, 5) is 4.91. The van der Waals surface area contributed by atoms with Gasteiger partial charge < -0.3 is 13.9 Å². The minimum Gasteiger partial charge on any atom is -0.510 e. The van der Waals surface area contributed by atoms with Crippen molar-refractivity contribution in [2.75, 3.05) is 0 Å². The molecule has 0 N–H and O–H groups in total. The summed E-state index contributed by atoms with van der Waals surface area (Å²) in [6.45, 7) is 17.1. The molecular formula is C66H57N5OPt-2. The maximum atomic E-state index is 9.25. The summed E-state index contributed by atoms with van der Waals surface area (Å²) >= 11 is 0. The Labute approximate surface area is 457 Å². The summed E-state index contributed by atoms with van der Waals surface area (Å²) in [6, 6.07) is 44.3. The summed E-state index contributed by atoms with van der Waals surface area (Å²) in [6.07, 6.45) is 5.29. The van der Waals surface area contributed by atoms with Crippen LogP contribution in [0.25, 0.3) is 72.6 Å². The van der Waals surface area contributed by atoms with Crippen LogP contribution in [0.3, 0.4) is 0 Å². The van der Waals surface area contributed by atoms with E-state index in [9.17, 15) is 5.48 Å². The van der Waals surface area contributed by atoms with Crippen molar-refractivity contribution < 1.29 is 44.1 Å². The number of ether oxygens (including phenoxy) is 1. The average molecular weight is 1140 g/mol. The van der Waals surface area contributed by atoms with Gasteiger partial charge in [-0.15, -0.1) is 29.7 Å². The van der Waals surface area contributed by atoms with Crippen LogP contribution in [0, 0.1) is 18.5 Å². The van der Waals surface area contributed by atoms with Gasteiger partial charge in [0, 0.05) is 60.9 Å². The fraction of sp³-hybridized carbons (Fsp3) is 0.167. The van der Waals surface area contributed by atoms with Crippen molar-refractivity contribution in [2.45, 2.75) is 71.6 Å². The molecule has 0 unspecified atom stereocenters. The van der Waals surface area contributed by atoms with E-state index in [1.165, 1.54) is 10.2 Å². The Morgan fingerprint density at radius 1 is 0.562 bits per heavy atom. The number of para-hydroxylation sites is 1. The number of pyridine rings is 1. The Morgan fingerprint density at radius 2 is 1.18 bits per heavy atom. The van der Waals surface area contributed by atoms with Crippen molar-refractivity contribution in [3.63, 3.8) is 0 Å².